The maximum absolute atomic E-state index is 5.17. The smallest absolute Gasteiger partial charge is 0.128 e. The molecule has 0 aliphatic rings. The molecule has 12 heavy (non-hydrogen) atoms. The van der Waals surface area contributed by atoms with Crippen LogP contribution in [-0.4, -0.2) is 9.78 Å². The first-order valence-electron chi connectivity index (χ1n) is 3.86. The number of aryl methyl sites for hydroxylation is 2. The maximum atomic E-state index is 5.17. The van der Waals surface area contributed by atoms with E-state index in [1.165, 1.54) is 0 Å². The lowest BCUT2D eigenvalue weighted by molar-refractivity contribution is -0.0275. The summed E-state index contributed by atoms with van der Waals surface area (Å²) in [6.07, 6.45) is 1.94. The summed E-state index contributed by atoms with van der Waals surface area (Å²) in [5, 5.41) is 4.26. The molecule has 4 nitrogen and oxygen atoms in total. The Morgan fingerprint density at radius 3 is 2.50 bits per heavy atom. The molecule has 0 amide bonds. The third kappa shape index (κ3) is 1.49. The van der Waals surface area contributed by atoms with Crippen LogP contribution in [0.5, 0.6) is 0 Å². The van der Waals surface area contributed by atoms with Crippen LogP contribution < -0.4 is 5.90 Å². The largest absolute Gasteiger partial charge is 0.292 e. The lowest BCUT2D eigenvalue weighted by Gasteiger charge is -2.19. The molecule has 1 rings (SSSR count). The molecule has 1 heterocycles. The van der Waals surface area contributed by atoms with Gasteiger partial charge in [0.2, 0.25) is 0 Å². The first kappa shape index (κ1) is 9.22. The summed E-state index contributed by atoms with van der Waals surface area (Å²) in [5.41, 5.74) is 1.46. The minimum Gasteiger partial charge on any atom is -0.292 e. The number of nitrogens with zero attached hydrogens (tertiary/aromatic N) is 2. The number of hydrogen-bond acceptors (Lipinski definition) is 3. The van der Waals surface area contributed by atoms with E-state index in [4.69, 9.17) is 10.7 Å². The molecule has 0 atom stereocenters. The average Bonchev–Trinajstić information content (AvgIpc) is 2.31. The second-order valence-corrected chi connectivity index (χ2v) is 3.46. The molecular formula is C8H15N3O. The van der Waals surface area contributed by atoms with Crippen LogP contribution >= 0.6 is 0 Å². The Balaban J connectivity index is 3.09. The average molecular weight is 169 g/mol. The Labute approximate surface area is 72.3 Å². The quantitative estimate of drug-likeness (QED) is 0.668. The van der Waals surface area contributed by atoms with Gasteiger partial charge < -0.3 is 0 Å². The van der Waals surface area contributed by atoms with E-state index >= 15 is 0 Å². The highest BCUT2D eigenvalue weighted by atomic mass is 16.6. The fourth-order valence-corrected chi connectivity index (χ4v) is 1.26. The van der Waals surface area contributed by atoms with Gasteiger partial charge in [-0.1, -0.05) is 0 Å². The van der Waals surface area contributed by atoms with Crippen molar-refractivity contribution in [2.45, 2.75) is 26.4 Å². The van der Waals surface area contributed by atoms with Gasteiger partial charge >= 0.3 is 0 Å². The molecule has 0 unspecified atom stereocenters. The van der Waals surface area contributed by atoms with Gasteiger partial charge in [0.15, 0.2) is 0 Å². The molecule has 0 fully saturated rings. The Morgan fingerprint density at radius 2 is 2.17 bits per heavy atom. The van der Waals surface area contributed by atoms with Crippen LogP contribution in [0.25, 0.3) is 0 Å². The molecule has 1 aromatic heterocycles. The summed E-state index contributed by atoms with van der Waals surface area (Å²) < 4.78 is 1.76. The summed E-state index contributed by atoms with van der Waals surface area (Å²) in [6, 6.07) is 0. The number of hydrogen-bond donors (Lipinski definition) is 1. The van der Waals surface area contributed by atoms with E-state index < -0.39 is 5.60 Å². The van der Waals surface area contributed by atoms with Gasteiger partial charge in [-0.25, -0.2) is 5.90 Å². The van der Waals surface area contributed by atoms with E-state index in [2.05, 4.69) is 5.10 Å². The molecule has 0 aromatic carbocycles. The first-order chi connectivity index (χ1) is 5.47. The number of rotatable bonds is 2. The van der Waals surface area contributed by atoms with Crippen LogP contribution in [0.3, 0.4) is 0 Å². The molecule has 4 heteroatoms. The molecule has 2 N–H and O–H groups in total. The van der Waals surface area contributed by atoms with Gasteiger partial charge in [-0.05, 0) is 26.3 Å². The van der Waals surface area contributed by atoms with Crippen LogP contribution in [0.2, 0.25) is 0 Å². The van der Waals surface area contributed by atoms with E-state index in [0.717, 1.165) is 11.3 Å². The van der Waals surface area contributed by atoms with Gasteiger partial charge in [0.25, 0.3) is 0 Å². The normalized spacial score (nSPS) is 12.1. The standard InChI is InChI=1S/C8H15N3O/c1-6-5-11(4)10-7(6)8(2,3)12-9/h5H,9H2,1-4H3. The van der Waals surface area contributed by atoms with Crippen molar-refractivity contribution in [2.75, 3.05) is 0 Å². The third-order valence-corrected chi connectivity index (χ3v) is 1.88. The van der Waals surface area contributed by atoms with E-state index in [1.54, 1.807) is 4.68 Å². The van der Waals surface area contributed by atoms with E-state index in [-0.39, 0.29) is 0 Å². The zero-order chi connectivity index (χ0) is 9.35. The first-order valence-corrected chi connectivity index (χ1v) is 3.86. The number of aromatic nitrogens is 2. The summed E-state index contributed by atoms with van der Waals surface area (Å²) in [5.74, 6) is 5.17. The van der Waals surface area contributed by atoms with Gasteiger partial charge in [0.05, 0.1) is 5.69 Å². The molecule has 0 saturated heterocycles. The summed E-state index contributed by atoms with van der Waals surface area (Å²) in [7, 11) is 1.88. The van der Waals surface area contributed by atoms with Crippen LogP contribution in [-0.2, 0) is 17.5 Å². The minimum atomic E-state index is -0.509. The Hall–Kier alpha value is -0.870. The van der Waals surface area contributed by atoms with Crippen LogP contribution in [0.4, 0.5) is 0 Å². The molecule has 0 bridgehead atoms. The van der Waals surface area contributed by atoms with Crippen LogP contribution in [0.1, 0.15) is 25.1 Å². The van der Waals surface area contributed by atoms with Gasteiger partial charge in [-0.15, -0.1) is 0 Å². The van der Waals surface area contributed by atoms with Crippen molar-refractivity contribution < 1.29 is 4.84 Å². The lowest BCUT2D eigenvalue weighted by atomic mass is 10.0. The molecule has 0 radical (unpaired) electrons. The van der Waals surface area contributed by atoms with Gasteiger partial charge in [0, 0.05) is 13.2 Å². The lowest BCUT2D eigenvalue weighted by Crippen LogP contribution is -2.26. The zero-order valence-corrected chi connectivity index (χ0v) is 7.96. The van der Waals surface area contributed by atoms with Crippen molar-refractivity contribution >= 4 is 0 Å². The maximum Gasteiger partial charge on any atom is 0.128 e. The van der Waals surface area contributed by atoms with Crippen LogP contribution in [0.15, 0.2) is 6.20 Å². The predicted octanol–water partition coefficient (Wildman–Crippen LogP) is 0.854. The van der Waals surface area contributed by atoms with E-state index in [0.29, 0.717) is 0 Å². The SMILES string of the molecule is Cc1cn(C)nc1C(C)(C)ON. The fourth-order valence-electron chi connectivity index (χ4n) is 1.26. The molecule has 1 aromatic rings. The summed E-state index contributed by atoms with van der Waals surface area (Å²) >= 11 is 0. The Morgan fingerprint density at radius 1 is 1.58 bits per heavy atom. The van der Waals surface area contributed by atoms with Crippen molar-refractivity contribution in [3.8, 4) is 0 Å². The van der Waals surface area contributed by atoms with Crippen molar-refractivity contribution in [2.24, 2.45) is 12.9 Å². The van der Waals surface area contributed by atoms with E-state index in [1.807, 2.05) is 34.0 Å². The predicted molar refractivity (Wildman–Crippen MR) is 46.2 cm³/mol. The van der Waals surface area contributed by atoms with Crippen molar-refractivity contribution in [3.63, 3.8) is 0 Å². The fraction of sp³-hybridized carbons (Fsp3) is 0.625. The van der Waals surface area contributed by atoms with Gasteiger partial charge in [-0.3, -0.25) is 9.52 Å². The summed E-state index contributed by atoms with van der Waals surface area (Å²) in [4.78, 5) is 4.84. The number of nitrogens with two attached hydrogens (primary N) is 1. The Bertz CT molecular complexity index is 278. The molecular weight excluding hydrogens is 154 g/mol. The monoisotopic (exact) mass is 169 g/mol. The van der Waals surface area contributed by atoms with Gasteiger partial charge in [0.1, 0.15) is 5.60 Å². The van der Waals surface area contributed by atoms with Crippen molar-refractivity contribution in [3.05, 3.63) is 17.5 Å². The highest BCUT2D eigenvalue weighted by Gasteiger charge is 2.25. The van der Waals surface area contributed by atoms with Gasteiger partial charge in [-0.2, -0.15) is 5.10 Å². The Kier molecular flexibility index (Phi) is 2.21. The highest BCUT2D eigenvalue weighted by Crippen LogP contribution is 2.23. The molecule has 68 valence electrons. The van der Waals surface area contributed by atoms with Crippen molar-refractivity contribution in [1.82, 2.24) is 9.78 Å². The molecule has 0 spiro atoms. The molecule has 0 aliphatic heterocycles. The second-order valence-electron chi connectivity index (χ2n) is 3.46. The molecule has 0 aliphatic carbocycles. The summed E-state index contributed by atoms with van der Waals surface area (Å²) in [6.45, 7) is 5.77. The van der Waals surface area contributed by atoms with E-state index in [9.17, 15) is 0 Å². The van der Waals surface area contributed by atoms with Crippen LogP contribution in [0, 0.1) is 6.92 Å². The zero-order valence-electron chi connectivity index (χ0n) is 7.96. The molecule has 0 saturated carbocycles. The second kappa shape index (κ2) is 2.88. The minimum absolute atomic E-state index is 0.509. The third-order valence-electron chi connectivity index (χ3n) is 1.88. The topological polar surface area (TPSA) is 53.1 Å². The van der Waals surface area contributed by atoms with Crippen molar-refractivity contribution in [1.29, 1.82) is 0 Å². The highest BCUT2D eigenvalue weighted by molar-refractivity contribution is 5.20.